The average Bonchev–Trinajstić information content (AvgIpc) is 3.75. The zero-order valence-electron chi connectivity index (χ0n) is 27.5. The fourth-order valence-corrected chi connectivity index (χ4v) is 9.08. The Hall–Kier alpha value is -6.20. The van der Waals surface area contributed by atoms with Gasteiger partial charge in [-0.1, -0.05) is 77.5 Å². The Morgan fingerprint density at radius 3 is 2.08 bits per heavy atom. The molecule has 0 amide bonds. The molecule has 0 aliphatic carbocycles. The summed E-state index contributed by atoms with van der Waals surface area (Å²) in [5, 5.41) is 7.57. The highest BCUT2D eigenvalue weighted by molar-refractivity contribution is 6.14. The van der Waals surface area contributed by atoms with Gasteiger partial charge in [0.1, 0.15) is 34.0 Å². The Labute approximate surface area is 283 Å². The minimum Gasteiger partial charge on any atom is -0.456 e. The summed E-state index contributed by atoms with van der Waals surface area (Å²) in [6, 6.07) is 46.1. The van der Waals surface area contributed by atoms with E-state index in [1.54, 1.807) is 0 Å². The summed E-state index contributed by atoms with van der Waals surface area (Å²) in [4.78, 5) is 0. The van der Waals surface area contributed by atoms with Crippen LogP contribution < -0.4 is 14.0 Å². The number of aromatic nitrogens is 4. The van der Waals surface area contributed by atoms with E-state index in [9.17, 15) is 0 Å². The summed E-state index contributed by atoms with van der Waals surface area (Å²) in [6.07, 6.45) is 2.14. The van der Waals surface area contributed by atoms with Crippen LogP contribution in [0.15, 0.2) is 134 Å². The van der Waals surface area contributed by atoms with Crippen molar-refractivity contribution in [2.75, 3.05) is 0 Å². The number of rotatable bonds is 2. The van der Waals surface area contributed by atoms with E-state index in [0.29, 0.717) is 0 Å². The minimum absolute atomic E-state index is 0.0736. The molecule has 5 heteroatoms. The molecule has 1 unspecified atom stereocenters. The first-order valence-corrected chi connectivity index (χ1v) is 17.0. The second-order valence-corrected chi connectivity index (χ2v) is 13.5. The third-order valence-corrected chi connectivity index (χ3v) is 11.0. The molecule has 6 aromatic carbocycles. The van der Waals surface area contributed by atoms with Crippen LogP contribution in [0.2, 0.25) is 0 Å². The first-order chi connectivity index (χ1) is 24.1. The lowest BCUT2D eigenvalue weighted by molar-refractivity contribution is -0.771. The van der Waals surface area contributed by atoms with E-state index in [-0.39, 0.29) is 6.04 Å². The van der Waals surface area contributed by atoms with Crippen LogP contribution in [-0.2, 0) is 7.05 Å². The third-order valence-electron chi connectivity index (χ3n) is 11.0. The van der Waals surface area contributed by atoms with Gasteiger partial charge in [-0.25, -0.2) is 4.57 Å². The number of hydrogen-bond acceptors (Lipinski definition) is 1. The Balaban J connectivity index is 1.24. The van der Waals surface area contributed by atoms with E-state index >= 15 is 0 Å². The van der Waals surface area contributed by atoms with E-state index in [0.717, 1.165) is 22.8 Å². The Morgan fingerprint density at radius 1 is 0.612 bits per heavy atom. The summed E-state index contributed by atoms with van der Waals surface area (Å²) in [6.45, 7) is 4.58. The van der Waals surface area contributed by atoms with Crippen molar-refractivity contribution < 1.29 is 14.0 Å². The van der Waals surface area contributed by atoms with Crippen LogP contribution in [0.4, 0.5) is 0 Å². The lowest BCUT2D eigenvalue weighted by atomic mass is 9.90. The second kappa shape index (κ2) is 9.45. The van der Waals surface area contributed by atoms with Gasteiger partial charge in [-0.2, -0.15) is 4.57 Å². The monoisotopic (exact) mass is 632 g/mol. The lowest BCUT2D eigenvalue weighted by Gasteiger charge is -2.23. The molecule has 0 N–H and O–H groups in total. The van der Waals surface area contributed by atoms with Gasteiger partial charge in [-0.15, -0.1) is 4.68 Å². The highest BCUT2D eigenvalue weighted by Crippen LogP contribution is 2.52. The normalized spacial score (nSPS) is 14.4. The SMILES string of the molecule is Cc1c(-c2cc3ccccc3c3ccccc23)c(C)[n+]2n1-c1cccc3c1C2c1c(cccc1-n1c2ccccc2c2ccc[n+](C)c21)O3. The van der Waals surface area contributed by atoms with Crippen LogP contribution in [0.1, 0.15) is 28.6 Å². The molecule has 0 radical (unpaired) electrons. The van der Waals surface area contributed by atoms with Crippen LogP contribution in [0.5, 0.6) is 11.5 Å². The van der Waals surface area contributed by atoms with Crippen LogP contribution in [0.25, 0.3) is 66.0 Å². The summed E-state index contributed by atoms with van der Waals surface area (Å²) in [5.41, 5.74) is 12.1. The van der Waals surface area contributed by atoms with Gasteiger partial charge in [0.25, 0.3) is 5.65 Å². The van der Waals surface area contributed by atoms with E-state index in [4.69, 9.17) is 4.74 Å². The van der Waals surface area contributed by atoms with Crippen molar-refractivity contribution in [3.05, 3.63) is 156 Å². The van der Waals surface area contributed by atoms with Crippen molar-refractivity contribution in [3.63, 3.8) is 0 Å². The number of hydrogen-bond donors (Lipinski definition) is 0. The molecule has 3 aromatic heterocycles. The van der Waals surface area contributed by atoms with Gasteiger partial charge in [0.05, 0.1) is 35.5 Å². The molecule has 2 aliphatic rings. The van der Waals surface area contributed by atoms with Crippen LogP contribution >= 0.6 is 0 Å². The maximum Gasteiger partial charge on any atom is 0.294 e. The van der Waals surface area contributed by atoms with Crippen molar-refractivity contribution in [2.24, 2.45) is 7.05 Å². The summed E-state index contributed by atoms with van der Waals surface area (Å²) in [7, 11) is 2.14. The first-order valence-electron chi connectivity index (χ1n) is 17.0. The Kier molecular flexibility index (Phi) is 5.17. The average molecular weight is 633 g/mol. The minimum atomic E-state index is -0.0736. The fraction of sp³-hybridized carbons (Fsp3) is 0.0909. The maximum absolute atomic E-state index is 6.82. The van der Waals surface area contributed by atoms with Crippen molar-refractivity contribution in [2.45, 2.75) is 19.9 Å². The summed E-state index contributed by atoms with van der Waals surface area (Å²) >= 11 is 0. The second-order valence-electron chi connectivity index (χ2n) is 13.5. The lowest BCUT2D eigenvalue weighted by Crippen LogP contribution is -2.46. The van der Waals surface area contributed by atoms with Crippen molar-refractivity contribution in [1.29, 1.82) is 0 Å². The van der Waals surface area contributed by atoms with E-state index in [2.05, 4.69) is 173 Å². The molecule has 0 saturated carbocycles. The Morgan fingerprint density at radius 2 is 1.27 bits per heavy atom. The molecule has 5 nitrogen and oxygen atoms in total. The largest absolute Gasteiger partial charge is 0.456 e. The van der Waals surface area contributed by atoms with Gasteiger partial charge in [0.2, 0.25) is 11.7 Å². The predicted molar refractivity (Wildman–Crippen MR) is 195 cm³/mol. The molecule has 49 heavy (non-hydrogen) atoms. The molecule has 11 rings (SSSR count). The Bertz CT molecular complexity index is 2910. The molecule has 1 atom stereocenters. The number of pyridine rings is 1. The highest BCUT2D eigenvalue weighted by atomic mass is 16.5. The molecular formula is C44H32N4O+2. The number of para-hydroxylation sites is 1. The molecule has 2 aliphatic heterocycles. The van der Waals surface area contributed by atoms with Crippen molar-refractivity contribution in [1.82, 2.24) is 9.25 Å². The first kappa shape index (κ1) is 26.8. The van der Waals surface area contributed by atoms with Gasteiger partial charge < -0.3 is 4.74 Å². The zero-order chi connectivity index (χ0) is 32.5. The van der Waals surface area contributed by atoms with Gasteiger partial charge in [0.15, 0.2) is 0 Å². The van der Waals surface area contributed by atoms with Gasteiger partial charge in [-0.3, -0.25) is 0 Å². The van der Waals surface area contributed by atoms with E-state index in [1.165, 1.54) is 77.2 Å². The molecule has 9 aromatic rings. The fourth-order valence-electron chi connectivity index (χ4n) is 9.08. The number of ether oxygens (including phenoxy) is 1. The van der Waals surface area contributed by atoms with Gasteiger partial charge in [-0.05, 0) is 88.6 Å². The van der Waals surface area contributed by atoms with Crippen molar-refractivity contribution >= 4 is 43.5 Å². The molecule has 5 heterocycles. The predicted octanol–water partition coefficient (Wildman–Crippen LogP) is 9.33. The number of benzene rings is 6. The molecule has 232 valence electrons. The molecule has 0 spiro atoms. The number of aryl methyl sites for hydroxylation is 1. The zero-order valence-corrected chi connectivity index (χ0v) is 27.5. The maximum atomic E-state index is 6.82. The van der Waals surface area contributed by atoms with Crippen LogP contribution in [0, 0.1) is 13.8 Å². The topological polar surface area (TPSA) is 26.8 Å². The molecule has 0 saturated heterocycles. The molecule has 0 fully saturated rings. The van der Waals surface area contributed by atoms with E-state index < -0.39 is 0 Å². The van der Waals surface area contributed by atoms with Crippen molar-refractivity contribution in [3.8, 4) is 34.0 Å². The molecular weight excluding hydrogens is 601 g/mol. The highest BCUT2D eigenvalue weighted by Gasteiger charge is 2.50. The third kappa shape index (κ3) is 3.34. The quantitative estimate of drug-likeness (QED) is 0.138. The van der Waals surface area contributed by atoms with Gasteiger partial charge in [0, 0.05) is 12.3 Å². The van der Waals surface area contributed by atoms with E-state index in [1.807, 2.05) is 0 Å². The number of fused-ring (bicyclic) bond motifs is 11. The standard InChI is InChI=1S/C44H32N4O/c1-26-40(34-25-28-13-4-5-14-29(28)30-15-6-7-16-31(30)34)27(2)48-43-41-36(20-10-22-38(41)49-39-23-11-21-37(42(39)43)47(26)48)46-35-19-9-8-17-32(35)33-18-12-24-45(3)44(33)46/h4-25,43H,1-3H3/q+2. The summed E-state index contributed by atoms with van der Waals surface area (Å²) in [5.74, 6) is 1.82. The number of nitrogens with zero attached hydrogens (tertiary/aromatic N) is 4. The summed E-state index contributed by atoms with van der Waals surface area (Å²) < 4.78 is 16.5. The smallest absolute Gasteiger partial charge is 0.294 e. The van der Waals surface area contributed by atoms with Gasteiger partial charge >= 0.3 is 0 Å². The molecule has 0 bridgehead atoms. The van der Waals surface area contributed by atoms with Crippen LogP contribution in [0.3, 0.4) is 0 Å². The van der Waals surface area contributed by atoms with Crippen LogP contribution in [-0.4, -0.2) is 9.25 Å².